The van der Waals surface area contributed by atoms with Crippen molar-refractivity contribution in [2.75, 3.05) is 5.32 Å². The van der Waals surface area contributed by atoms with Crippen molar-refractivity contribution in [1.82, 2.24) is 0 Å². The molecule has 0 aliphatic carbocycles. The highest BCUT2D eigenvalue weighted by Gasteiger charge is 2.19. The van der Waals surface area contributed by atoms with Gasteiger partial charge in [-0.2, -0.15) is 0 Å². The van der Waals surface area contributed by atoms with Gasteiger partial charge in [-0.05, 0) is 12.5 Å². The van der Waals surface area contributed by atoms with Crippen LogP contribution < -0.4 is 5.32 Å². The summed E-state index contributed by atoms with van der Waals surface area (Å²) in [6.07, 6.45) is -0.156. The van der Waals surface area contributed by atoms with Crippen molar-refractivity contribution >= 4 is 23.3 Å². The van der Waals surface area contributed by atoms with E-state index in [1.54, 1.807) is 0 Å². The Balaban J connectivity index is 2.73. The average Bonchev–Trinajstić information content (AvgIpc) is 2.30. The topological polar surface area (TPSA) is 130 Å². The number of aromatic hydroxyl groups is 1. The first-order valence-corrected chi connectivity index (χ1v) is 5.40. The molecule has 0 aliphatic heterocycles. The van der Waals surface area contributed by atoms with Gasteiger partial charge in [-0.3, -0.25) is 19.7 Å². The first kappa shape index (κ1) is 14.4. The number of aliphatic carboxylic acids is 1. The Labute approximate surface area is 107 Å². The van der Waals surface area contributed by atoms with Crippen LogP contribution in [0.25, 0.3) is 0 Å². The van der Waals surface area contributed by atoms with Gasteiger partial charge in [-0.25, -0.2) is 0 Å². The molecule has 0 saturated carbocycles. The first-order valence-electron chi connectivity index (χ1n) is 5.40. The van der Waals surface area contributed by atoms with Crippen LogP contribution in [0.5, 0.6) is 5.75 Å². The molecule has 0 bridgehead atoms. The number of carbonyl (C=O) groups is 2. The fourth-order valence-corrected chi connectivity index (χ4v) is 1.41. The molecule has 19 heavy (non-hydrogen) atoms. The van der Waals surface area contributed by atoms with Crippen molar-refractivity contribution in [2.24, 2.45) is 0 Å². The van der Waals surface area contributed by atoms with Crippen LogP contribution in [-0.2, 0) is 9.59 Å². The maximum atomic E-state index is 11.5. The second-order valence-corrected chi connectivity index (χ2v) is 3.72. The van der Waals surface area contributed by atoms with E-state index in [1.807, 2.05) is 0 Å². The molecule has 1 rings (SSSR count). The maximum Gasteiger partial charge on any atom is 0.303 e. The highest BCUT2D eigenvalue weighted by atomic mass is 16.6. The molecule has 0 fully saturated rings. The average molecular weight is 268 g/mol. The molecule has 0 saturated heterocycles. The summed E-state index contributed by atoms with van der Waals surface area (Å²) >= 11 is 0. The number of carboxylic acid groups (broad SMARTS) is 1. The van der Waals surface area contributed by atoms with E-state index in [9.17, 15) is 24.8 Å². The Morgan fingerprint density at radius 3 is 2.58 bits per heavy atom. The monoisotopic (exact) mass is 268 g/mol. The number of anilines is 1. The summed E-state index contributed by atoms with van der Waals surface area (Å²) < 4.78 is 0. The highest BCUT2D eigenvalue weighted by Crippen LogP contribution is 2.33. The first-order chi connectivity index (χ1) is 8.91. The zero-order valence-corrected chi connectivity index (χ0v) is 9.83. The molecule has 1 amide bonds. The van der Waals surface area contributed by atoms with Gasteiger partial charge in [-0.15, -0.1) is 0 Å². The van der Waals surface area contributed by atoms with Crippen LogP contribution in [0.4, 0.5) is 11.4 Å². The zero-order valence-electron chi connectivity index (χ0n) is 9.83. The third kappa shape index (κ3) is 4.26. The molecule has 0 spiro atoms. The van der Waals surface area contributed by atoms with Gasteiger partial charge in [-0.1, -0.05) is 6.07 Å². The van der Waals surface area contributed by atoms with Gasteiger partial charge < -0.3 is 15.5 Å². The number of hydrogen-bond donors (Lipinski definition) is 3. The highest BCUT2D eigenvalue weighted by molar-refractivity contribution is 5.95. The van der Waals surface area contributed by atoms with Crippen LogP contribution in [0.15, 0.2) is 18.2 Å². The number of rotatable bonds is 6. The third-order valence-corrected chi connectivity index (χ3v) is 2.28. The van der Waals surface area contributed by atoms with Gasteiger partial charge in [0.1, 0.15) is 5.75 Å². The number of nitrogens with zero attached hydrogens (tertiary/aromatic N) is 1. The third-order valence-electron chi connectivity index (χ3n) is 2.28. The number of nitrogens with one attached hydrogen (secondary N) is 1. The largest absolute Gasteiger partial charge is 0.505 e. The molecular formula is C11H12N2O6. The van der Waals surface area contributed by atoms with Crippen molar-refractivity contribution in [3.63, 3.8) is 0 Å². The summed E-state index contributed by atoms with van der Waals surface area (Å²) in [5, 5.41) is 30.8. The van der Waals surface area contributed by atoms with E-state index in [4.69, 9.17) is 5.11 Å². The Morgan fingerprint density at radius 1 is 1.32 bits per heavy atom. The Hall–Kier alpha value is -2.64. The smallest absolute Gasteiger partial charge is 0.303 e. The summed E-state index contributed by atoms with van der Waals surface area (Å²) in [7, 11) is 0. The molecule has 3 N–H and O–H groups in total. The number of para-hydroxylation sites is 1. The van der Waals surface area contributed by atoms with Gasteiger partial charge in [0.25, 0.3) is 5.69 Å². The number of phenolic OH excluding ortho intramolecular Hbond substituents is 1. The normalized spacial score (nSPS) is 9.89. The van der Waals surface area contributed by atoms with Gasteiger partial charge in [0.15, 0.2) is 5.69 Å². The number of nitro groups is 1. The SMILES string of the molecule is O=C(O)CCCC(=O)Nc1c(O)cccc1[N+](=O)[O-]. The number of amides is 1. The molecule has 0 heterocycles. The molecule has 8 heteroatoms. The van der Waals surface area contributed by atoms with Crippen molar-refractivity contribution in [2.45, 2.75) is 19.3 Å². The van der Waals surface area contributed by atoms with Crippen LogP contribution in [0.3, 0.4) is 0 Å². The molecule has 0 unspecified atom stereocenters. The quantitative estimate of drug-likeness (QED) is 0.407. The summed E-state index contributed by atoms with van der Waals surface area (Å²) in [4.78, 5) is 31.8. The van der Waals surface area contributed by atoms with E-state index in [0.29, 0.717) is 0 Å². The molecule has 1 aromatic carbocycles. The second kappa shape index (κ2) is 6.34. The van der Waals surface area contributed by atoms with Crippen LogP contribution in [0.2, 0.25) is 0 Å². The summed E-state index contributed by atoms with van der Waals surface area (Å²) in [6.45, 7) is 0. The Morgan fingerprint density at radius 2 is 2.00 bits per heavy atom. The molecule has 0 aliphatic rings. The minimum absolute atomic E-state index is 0.0994. The van der Waals surface area contributed by atoms with Gasteiger partial charge in [0.2, 0.25) is 5.91 Å². The van der Waals surface area contributed by atoms with Crippen molar-refractivity contribution in [3.8, 4) is 5.75 Å². The lowest BCUT2D eigenvalue weighted by atomic mass is 10.2. The van der Waals surface area contributed by atoms with Crippen LogP contribution in [-0.4, -0.2) is 27.0 Å². The fourth-order valence-electron chi connectivity index (χ4n) is 1.41. The number of phenols is 1. The summed E-state index contributed by atoms with van der Waals surface area (Å²) in [6, 6.07) is 3.64. The maximum absolute atomic E-state index is 11.5. The molecule has 0 radical (unpaired) electrons. The second-order valence-electron chi connectivity index (χ2n) is 3.72. The number of carbonyl (C=O) groups excluding carboxylic acids is 1. The van der Waals surface area contributed by atoms with Crippen LogP contribution in [0, 0.1) is 10.1 Å². The standard InChI is InChI=1S/C11H12N2O6/c14-8-4-1-3-7(13(18)19)11(8)12-9(15)5-2-6-10(16)17/h1,3-4,14H,2,5-6H2,(H,12,15)(H,16,17). The molecule has 8 nitrogen and oxygen atoms in total. The van der Waals surface area contributed by atoms with Crippen molar-refractivity contribution in [3.05, 3.63) is 28.3 Å². The number of nitro benzene ring substituents is 1. The Kier molecular flexibility index (Phi) is 4.81. The lowest BCUT2D eigenvalue weighted by Crippen LogP contribution is -2.13. The van der Waals surface area contributed by atoms with E-state index >= 15 is 0 Å². The molecular weight excluding hydrogens is 256 g/mol. The lowest BCUT2D eigenvalue weighted by molar-refractivity contribution is -0.384. The Bertz CT molecular complexity index is 514. The van der Waals surface area contributed by atoms with E-state index in [-0.39, 0.29) is 24.9 Å². The minimum atomic E-state index is -1.03. The number of benzene rings is 1. The lowest BCUT2D eigenvalue weighted by Gasteiger charge is -2.07. The van der Waals surface area contributed by atoms with E-state index in [0.717, 1.165) is 6.07 Å². The fraction of sp³-hybridized carbons (Fsp3) is 0.273. The predicted molar refractivity (Wildman–Crippen MR) is 64.9 cm³/mol. The number of carboxylic acids is 1. The van der Waals surface area contributed by atoms with E-state index in [1.165, 1.54) is 12.1 Å². The van der Waals surface area contributed by atoms with Gasteiger partial charge in [0.05, 0.1) is 4.92 Å². The van der Waals surface area contributed by atoms with Gasteiger partial charge in [0, 0.05) is 18.9 Å². The summed E-state index contributed by atoms with van der Waals surface area (Å²) in [5.74, 6) is -2.03. The van der Waals surface area contributed by atoms with Crippen molar-refractivity contribution < 1.29 is 24.7 Å². The predicted octanol–water partition coefficient (Wildman–Crippen LogP) is 1.49. The van der Waals surface area contributed by atoms with Gasteiger partial charge >= 0.3 is 5.97 Å². The van der Waals surface area contributed by atoms with Crippen LogP contribution >= 0.6 is 0 Å². The molecule has 0 atom stereocenters. The van der Waals surface area contributed by atoms with Crippen LogP contribution in [0.1, 0.15) is 19.3 Å². The molecule has 1 aromatic rings. The van der Waals surface area contributed by atoms with E-state index in [2.05, 4.69) is 5.32 Å². The van der Waals surface area contributed by atoms with Crippen molar-refractivity contribution in [1.29, 1.82) is 0 Å². The minimum Gasteiger partial charge on any atom is -0.505 e. The zero-order chi connectivity index (χ0) is 14.4. The summed E-state index contributed by atoms with van der Waals surface area (Å²) in [5.41, 5.74) is -0.709. The van der Waals surface area contributed by atoms with E-state index < -0.39 is 28.2 Å². The number of hydrogen-bond acceptors (Lipinski definition) is 5. The molecule has 0 aromatic heterocycles. The molecule has 102 valence electrons.